The molecule has 0 saturated heterocycles. The van der Waals surface area contributed by atoms with Crippen LogP contribution < -0.4 is 4.90 Å². The fourth-order valence-corrected chi connectivity index (χ4v) is 2.19. The van der Waals surface area contributed by atoms with Gasteiger partial charge in [0.15, 0.2) is 0 Å². The Bertz CT molecular complexity index is 461. The largest absolute Gasteiger partial charge is 0.443 e. The topological polar surface area (TPSA) is 29.5 Å². The molecule has 3 heteroatoms. The number of fused-ring (bicyclic) bond motifs is 1. The van der Waals surface area contributed by atoms with Crippen LogP contribution in [-0.4, -0.2) is 18.2 Å². The maximum absolute atomic E-state index is 12.2. The molecule has 0 bridgehead atoms. The molecule has 0 spiro atoms. The van der Waals surface area contributed by atoms with Crippen LogP contribution in [-0.2, 0) is 11.2 Å². The van der Waals surface area contributed by atoms with Crippen molar-refractivity contribution < 1.29 is 9.53 Å². The number of benzene rings is 1. The molecule has 3 nitrogen and oxygen atoms in total. The molecule has 1 aromatic rings. The number of aryl methyl sites for hydroxylation is 2. The quantitative estimate of drug-likeness (QED) is 0.687. The third kappa shape index (κ3) is 4.26. The van der Waals surface area contributed by atoms with Gasteiger partial charge in [0.2, 0.25) is 0 Å². The molecule has 1 amide bonds. The molecule has 2 rings (SSSR count). The summed E-state index contributed by atoms with van der Waals surface area (Å²) in [6.07, 6.45) is 1.79. The predicted octanol–water partition coefficient (Wildman–Crippen LogP) is 4.71. The smallest absolute Gasteiger partial charge is 0.414 e. The van der Waals surface area contributed by atoms with Gasteiger partial charge in [-0.3, -0.25) is 4.90 Å². The van der Waals surface area contributed by atoms with Gasteiger partial charge in [0.1, 0.15) is 5.60 Å². The summed E-state index contributed by atoms with van der Waals surface area (Å²) in [5, 5.41) is 0. The Hall–Kier alpha value is -1.51. The maximum Gasteiger partial charge on any atom is 0.414 e. The highest BCUT2D eigenvalue weighted by Crippen LogP contribution is 2.29. The number of carbonyl (C=O) groups is 1. The van der Waals surface area contributed by atoms with E-state index in [1.165, 1.54) is 11.1 Å². The fraction of sp³-hybridized carbons (Fsp3) is 0.588. The van der Waals surface area contributed by atoms with E-state index in [4.69, 9.17) is 4.74 Å². The van der Waals surface area contributed by atoms with Crippen LogP contribution in [0.4, 0.5) is 10.5 Å². The van der Waals surface area contributed by atoms with Crippen LogP contribution in [0.25, 0.3) is 0 Å². The Morgan fingerprint density at radius 2 is 1.90 bits per heavy atom. The molecule has 1 aromatic carbocycles. The van der Waals surface area contributed by atoms with Crippen molar-refractivity contribution in [1.29, 1.82) is 0 Å². The Labute approximate surface area is 122 Å². The van der Waals surface area contributed by atoms with E-state index >= 15 is 0 Å². The normalized spacial score (nSPS) is 14.0. The van der Waals surface area contributed by atoms with Gasteiger partial charge in [-0.1, -0.05) is 26.0 Å². The highest BCUT2D eigenvalue weighted by Gasteiger charge is 2.27. The van der Waals surface area contributed by atoms with Gasteiger partial charge >= 0.3 is 6.09 Å². The number of anilines is 1. The van der Waals surface area contributed by atoms with Crippen molar-refractivity contribution in [3.63, 3.8) is 0 Å². The molecule has 0 saturated carbocycles. The summed E-state index contributed by atoms with van der Waals surface area (Å²) in [5.74, 6) is 0. The summed E-state index contributed by atoms with van der Waals surface area (Å²) in [6.45, 7) is 12.5. The van der Waals surface area contributed by atoms with Gasteiger partial charge < -0.3 is 4.74 Å². The van der Waals surface area contributed by atoms with Crippen LogP contribution >= 0.6 is 0 Å². The molecule has 1 aliphatic heterocycles. The number of carbonyl (C=O) groups excluding carboxylic acids is 1. The molecule has 0 atom stereocenters. The number of nitrogens with zero attached hydrogens (tertiary/aromatic N) is 1. The van der Waals surface area contributed by atoms with Gasteiger partial charge in [-0.15, -0.1) is 0 Å². The fourth-order valence-electron chi connectivity index (χ4n) is 2.19. The first-order chi connectivity index (χ1) is 9.37. The van der Waals surface area contributed by atoms with Gasteiger partial charge in [-0.25, -0.2) is 4.79 Å². The summed E-state index contributed by atoms with van der Waals surface area (Å²) in [4.78, 5) is 14.0. The molecular formula is C17H27NO2. The second-order valence-corrected chi connectivity index (χ2v) is 5.87. The first-order valence-electron chi connectivity index (χ1n) is 7.47. The highest BCUT2D eigenvalue weighted by atomic mass is 16.6. The predicted molar refractivity (Wildman–Crippen MR) is 84.4 cm³/mol. The van der Waals surface area contributed by atoms with E-state index in [0.717, 1.165) is 25.1 Å². The Morgan fingerprint density at radius 3 is 2.50 bits per heavy atom. The van der Waals surface area contributed by atoms with Crippen LogP contribution in [0.1, 0.15) is 52.2 Å². The molecular weight excluding hydrogens is 250 g/mol. The summed E-state index contributed by atoms with van der Waals surface area (Å²) >= 11 is 0. The van der Waals surface area contributed by atoms with E-state index < -0.39 is 5.60 Å². The van der Waals surface area contributed by atoms with Gasteiger partial charge in [-0.05, 0) is 57.7 Å². The number of rotatable bonds is 0. The van der Waals surface area contributed by atoms with Crippen LogP contribution in [0, 0.1) is 6.92 Å². The standard InChI is InChI=1S/C15H21NO2.C2H6/c1-11-7-8-12-6-5-9-16(13(12)10-11)14(17)18-15(2,3)4;1-2/h7-8,10H,5-6,9H2,1-4H3;1-2H3. The van der Waals surface area contributed by atoms with Crippen molar-refractivity contribution >= 4 is 11.8 Å². The number of ether oxygens (including phenoxy) is 1. The van der Waals surface area contributed by atoms with Crippen LogP contribution in [0.15, 0.2) is 18.2 Å². The van der Waals surface area contributed by atoms with Crippen molar-refractivity contribution in [3.8, 4) is 0 Å². The zero-order valence-corrected chi connectivity index (χ0v) is 13.6. The molecule has 0 aliphatic carbocycles. The van der Waals surface area contributed by atoms with Gasteiger partial charge in [0.25, 0.3) is 0 Å². The minimum Gasteiger partial charge on any atom is -0.443 e. The first-order valence-corrected chi connectivity index (χ1v) is 7.47. The molecule has 1 heterocycles. The molecule has 0 aromatic heterocycles. The molecule has 20 heavy (non-hydrogen) atoms. The van der Waals surface area contributed by atoms with Gasteiger partial charge in [-0.2, -0.15) is 0 Å². The third-order valence-electron chi connectivity index (χ3n) is 2.97. The molecule has 0 N–H and O–H groups in total. The van der Waals surface area contributed by atoms with Gasteiger partial charge in [0.05, 0.1) is 5.69 Å². The number of amides is 1. The maximum atomic E-state index is 12.2. The zero-order valence-electron chi connectivity index (χ0n) is 13.6. The van der Waals surface area contributed by atoms with Crippen LogP contribution in [0.2, 0.25) is 0 Å². The SMILES string of the molecule is CC.Cc1ccc2c(c1)N(C(=O)OC(C)(C)C)CCC2. The van der Waals surface area contributed by atoms with Crippen molar-refractivity contribution in [2.45, 2.75) is 60.0 Å². The van der Waals surface area contributed by atoms with Crippen molar-refractivity contribution in [1.82, 2.24) is 0 Å². The monoisotopic (exact) mass is 277 g/mol. The molecule has 112 valence electrons. The number of hydrogen-bond acceptors (Lipinski definition) is 2. The average Bonchev–Trinajstić information content (AvgIpc) is 2.38. The second kappa shape index (κ2) is 6.78. The Balaban J connectivity index is 0.000000956. The van der Waals surface area contributed by atoms with Gasteiger partial charge in [0, 0.05) is 6.54 Å². The lowest BCUT2D eigenvalue weighted by Crippen LogP contribution is -2.39. The summed E-state index contributed by atoms with van der Waals surface area (Å²) < 4.78 is 5.46. The molecule has 0 radical (unpaired) electrons. The van der Waals surface area contributed by atoms with Crippen molar-refractivity contribution in [3.05, 3.63) is 29.3 Å². The molecule has 0 unspecified atom stereocenters. The highest BCUT2D eigenvalue weighted by molar-refractivity contribution is 5.89. The molecule has 1 aliphatic rings. The zero-order chi connectivity index (χ0) is 15.3. The van der Waals surface area contributed by atoms with E-state index in [0.29, 0.717) is 0 Å². The van der Waals surface area contributed by atoms with Crippen LogP contribution in [0.5, 0.6) is 0 Å². The third-order valence-corrected chi connectivity index (χ3v) is 2.97. The Morgan fingerprint density at radius 1 is 1.25 bits per heavy atom. The van der Waals surface area contributed by atoms with E-state index in [1.54, 1.807) is 4.90 Å². The van der Waals surface area contributed by atoms with Crippen molar-refractivity contribution in [2.75, 3.05) is 11.4 Å². The van der Waals surface area contributed by atoms with Crippen molar-refractivity contribution in [2.24, 2.45) is 0 Å². The van der Waals surface area contributed by atoms with E-state index in [9.17, 15) is 4.79 Å². The van der Waals surface area contributed by atoms with Crippen LogP contribution in [0.3, 0.4) is 0 Å². The lowest BCUT2D eigenvalue weighted by Gasteiger charge is -2.31. The lowest BCUT2D eigenvalue weighted by molar-refractivity contribution is 0.0578. The lowest BCUT2D eigenvalue weighted by atomic mass is 10.0. The number of hydrogen-bond donors (Lipinski definition) is 0. The summed E-state index contributed by atoms with van der Waals surface area (Å²) in [7, 11) is 0. The first kappa shape index (κ1) is 16.5. The second-order valence-electron chi connectivity index (χ2n) is 5.87. The van der Waals surface area contributed by atoms with E-state index in [1.807, 2.05) is 41.5 Å². The minimum atomic E-state index is -0.446. The average molecular weight is 277 g/mol. The summed E-state index contributed by atoms with van der Waals surface area (Å²) in [6, 6.07) is 6.27. The summed E-state index contributed by atoms with van der Waals surface area (Å²) in [5.41, 5.74) is 2.97. The molecule has 0 fully saturated rings. The minimum absolute atomic E-state index is 0.242. The van der Waals surface area contributed by atoms with E-state index in [2.05, 4.69) is 18.2 Å². The van der Waals surface area contributed by atoms with E-state index in [-0.39, 0.29) is 6.09 Å². The Kier molecular flexibility index (Phi) is 5.61.